The van der Waals surface area contributed by atoms with Gasteiger partial charge in [-0.3, -0.25) is 0 Å². The van der Waals surface area contributed by atoms with E-state index < -0.39 is 5.95 Å². The van der Waals surface area contributed by atoms with Crippen molar-refractivity contribution in [3.8, 4) is 11.3 Å². The lowest BCUT2D eigenvalue weighted by Gasteiger charge is -2.54. The molecule has 2 amide bonds. The van der Waals surface area contributed by atoms with E-state index in [4.69, 9.17) is 0 Å². The number of carbonyl (C=O) groups excluding carboxylic acids is 1. The number of carbonyl (C=O) groups is 1. The van der Waals surface area contributed by atoms with Gasteiger partial charge in [0.2, 0.25) is 5.95 Å². The molecule has 5 nitrogen and oxygen atoms in total. The SMILES string of the molecule is Cc1ccc(NC(=O)N2[C@@H]3CC(C)C[C@H]2C3)cc1-c1nccnc1F. The Labute approximate surface area is 146 Å². The minimum atomic E-state index is -0.611. The molecular formula is C19H21FN4O. The molecule has 2 aliphatic rings. The van der Waals surface area contributed by atoms with Gasteiger partial charge in [0.05, 0.1) is 0 Å². The van der Waals surface area contributed by atoms with Gasteiger partial charge in [0.25, 0.3) is 0 Å². The minimum Gasteiger partial charge on any atom is -0.318 e. The molecule has 3 atom stereocenters. The van der Waals surface area contributed by atoms with Crippen LogP contribution in [0.4, 0.5) is 14.9 Å². The molecule has 1 N–H and O–H groups in total. The van der Waals surface area contributed by atoms with Crippen molar-refractivity contribution < 1.29 is 9.18 Å². The van der Waals surface area contributed by atoms with Crippen molar-refractivity contribution in [3.05, 3.63) is 42.1 Å². The van der Waals surface area contributed by atoms with Gasteiger partial charge < -0.3 is 10.2 Å². The zero-order valence-electron chi connectivity index (χ0n) is 14.4. The quantitative estimate of drug-likeness (QED) is 0.899. The molecule has 4 rings (SSSR count). The molecule has 3 heterocycles. The average Bonchev–Trinajstić information content (AvgIpc) is 2.57. The van der Waals surface area contributed by atoms with Gasteiger partial charge >= 0.3 is 6.03 Å². The Balaban J connectivity index is 1.55. The second-order valence-electron chi connectivity index (χ2n) is 7.18. The van der Waals surface area contributed by atoms with Crippen molar-refractivity contribution in [2.75, 3.05) is 5.32 Å². The van der Waals surface area contributed by atoms with Crippen molar-refractivity contribution >= 4 is 11.7 Å². The summed E-state index contributed by atoms with van der Waals surface area (Å²) in [6.07, 6.45) is 6.05. The molecule has 1 aromatic carbocycles. The van der Waals surface area contributed by atoms with E-state index in [9.17, 15) is 9.18 Å². The number of hydrogen-bond acceptors (Lipinski definition) is 3. The Hall–Kier alpha value is -2.50. The molecule has 1 aromatic heterocycles. The number of nitrogens with one attached hydrogen (secondary N) is 1. The molecular weight excluding hydrogens is 319 g/mol. The van der Waals surface area contributed by atoms with Crippen molar-refractivity contribution in [3.63, 3.8) is 0 Å². The van der Waals surface area contributed by atoms with Gasteiger partial charge in [0.1, 0.15) is 5.69 Å². The Morgan fingerprint density at radius 2 is 1.92 bits per heavy atom. The fraction of sp³-hybridized carbons (Fsp3) is 0.421. The fourth-order valence-electron chi connectivity index (χ4n) is 4.12. The van der Waals surface area contributed by atoms with E-state index in [0.717, 1.165) is 24.8 Å². The molecule has 2 bridgehead atoms. The van der Waals surface area contributed by atoms with Gasteiger partial charge in [0.15, 0.2) is 0 Å². The van der Waals surface area contributed by atoms with E-state index in [0.29, 0.717) is 29.3 Å². The lowest BCUT2D eigenvalue weighted by atomic mass is 9.74. The summed E-state index contributed by atoms with van der Waals surface area (Å²) in [7, 11) is 0. The van der Waals surface area contributed by atoms with Crippen molar-refractivity contribution in [1.29, 1.82) is 0 Å². The number of nitrogens with zero attached hydrogens (tertiary/aromatic N) is 3. The van der Waals surface area contributed by atoms with Gasteiger partial charge in [-0.05, 0) is 49.8 Å². The minimum absolute atomic E-state index is 0.0671. The van der Waals surface area contributed by atoms with E-state index >= 15 is 0 Å². The van der Waals surface area contributed by atoms with Crippen molar-refractivity contribution in [2.24, 2.45) is 5.92 Å². The summed E-state index contributed by atoms with van der Waals surface area (Å²) in [4.78, 5) is 22.3. The van der Waals surface area contributed by atoms with Crippen LogP contribution in [-0.4, -0.2) is 33.0 Å². The second-order valence-corrected chi connectivity index (χ2v) is 7.18. The highest BCUT2D eigenvalue weighted by Gasteiger charge is 2.46. The Morgan fingerprint density at radius 3 is 2.64 bits per heavy atom. The van der Waals surface area contributed by atoms with Crippen LogP contribution in [0, 0.1) is 18.8 Å². The summed E-state index contributed by atoms with van der Waals surface area (Å²) in [5, 5.41) is 2.96. The maximum Gasteiger partial charge on any atom is 0.322 e. The smallest absolute Gasteiger partial charge is 0.318 e. The monoisotopic (exact) mass is 340 g/mol. The molecule has 25 heavy (non-hydrogen) atoms. The number of halogens is 1. The van der Waals surface area contributed by atoms with Crippen LogP contribution >= 0.6 is 0 Å². The molecule has 0 radical (unpaired) electrons. The van der Waals surface area contributed by atoms with E-state index in [-0.39, 0.29) is 11.7 Å². The maximum atomic E-state index is 14.0. The summed E-state index contributed by atoms with van der Waals surface area (Å²) < 4.78 is 14.0. The first-order chi connectivity index (χ1) is 12.0. The predicted molar refractivity (Wildman–Crippen MR) is 93.6 cm³/mol. The second kappa shape index (κ2) is 6.10. The molecule has 1 unspecified atom stereocenters. The molecule has 0 spiro atoms. The van der Waals surface area contributed by atoms with Crippen LogP contribution in [0.2, 0.25) is 0 Å². The third-order valence-electron chi connectivity index (χ3n) is 5.31. The highest BCUT2D eigenvalue weighted by molar-refractivity contribution is 5.91. The van der Waals surface area contributed by atoms with E-state index in [1.165, 1.54) is 12.4 Å². The van der Waals surface area contributed by atoms with Gasteiger partial charge in [0, 0.05) is 35.7 Å². The van der Waals surface area contributed by atoms with Crippen LogP contribution in [0.25, 0.3) is 11.3 Å². The summed E-state index contributed by atoms with van der Waals surface area (Å²) in [6.45, 7) is 4.13. The van der Waals surface area contributed by atoms with Gasteiger partial charge in [-0.2, -0.15) is 4.39 Å². The number of hydrogen-bond donors (Lipinski definition) is 1. The van der Waals surface area contributed by atoms with E-state index in [1.807, 2.05) is 24.0 Å². The number of aromatic nitrogens is 2. The first-order valence-electron chi connectivity index (χ1n) is 8.69. The zero-order chi connectivity index (χ0) is 17.6. The lowest BCUT2D eigenvalue weighted by molar-refractivity contribution is -0.00600. The largest absolute Gasteiger partial charge is 0.322 e. The van der Waals surface area contributed by atoms with Crippen LogP contribution in [-0.2, 0) is 0 Å². The van der Waals surface area contributed by atoms with Crippen molar-refractivity contribution in [2.45, 2.75) is 45.2 Å². The Bertz CT molecular complexity index is 813. The number of fused-ring (bicyclic) bond motifs is 2. The first kappa shape index (κ1) is 16.0. The summed E-state index contributed by atoms with van der Waals surface area (Å²) in [5.74, 6) is 0.0822. The van der Waals surface area contributed by atoms with Crippen LogP contribution in [0.1, 0.15) is 31.7 Å². The number of aryl methyl sites for hydroxylation is 1. The average molecular weight is 340 g/mol. The number of benzene rings is 1. The number of amides is 2. The highest BCUT2D eigenvalue weighted by Crippen LogP contribution is 2.41. The first-order valence-corrected chi connectivity index (χ1v) is 8.69. The van der Waals surface area contributed by atoms with Crippen LogP contribution in [0.5, 0.6) is 0 Å². The maximum absolute atomic E-state index is 14.0. The van der Waals surface area contributed by atoms with Crippen LogP contribution in [0.15, 0.2) is 30.6 Å². The van der Waals surface area contributed by atoms with Crippen LogP contribution in [0.3, 0.4) is 0 Å². The lowest BCUT2D eigenvalue weighted by Crippen LogP contribution is -2.63. The summed E-state index contributed by atoms with van der Waals surface area (Å²) in [5.41, 5.74) is 2.37. The topological polar surface area (TPSA) is 58.1 Å². The molecule has 0 aliphatic carbocycles. The summed E-state index contributed by atoms with van der Waals surface area (Å²) in [6, 6.07) is 6.11. The van der Waals surface area contributed by atoms with E-state index in [1.54, 1.807) is 6.07 Å². The molecule has 2 aliphatic heterocycles. The molecule has 130 valence electrons. The normalized spacial score (nSPS) is 24.6. The van der Waals surface area contributed by atoms with Gasteiger partial charge in [-0.1, -0.05) is 13.0 Å². The molecule has 6 heteroatoms. The Kier molecular flexibility index (Phi) is 3.90. The summed E-state index contributed by atoms with van der Waals surface area (Å²) >= 11 is 0. The fourth-order valence-corrected chi connectivity index (χ4v) is 4.12. The number of piperidine rings is 1. The van der Waals surface area contributed by atoms with Gasteiger partial charge in [-0.15, -0.1) is 0 Å². The molecule has 0 saturated carbocycles. The standard InChI is InChI=1S/C19H21FN4O/c1-11-7-14-10-15(8-11)24(14)19(25)23-13-4-3-12(2)16(9-13)17-18(20)22-6-5-21-17/h3-6,9,11,14-15H,7-8,10H2,1-2H3,(H,23,25)/t11?,14-,15+. The van der Waals surface area contributed by atoms with E-state index in [2.05, 4.69) is 22.2 Å². The van der Waals surface area contributed by atoms with Gasteiger partial charge in [-0.25, -0.2) is 14.8 Å². The number of anilines is 1. The van der Waals surface area contributed by atoms with Crippen molar-refractivity contribution in [1.82, 2.24) is 14.9 Å². The predicted octanol–water partition coefficient (Wildman–Crippen LogP) is 4.00. The number of urea groups is 1. The Morgan fingerprint density at radius 1 is 1.20 bits per heavy atom. The number of rotatable bonds is 2. The molecule has 2 aromatic rings. The zero-order valence-corrected chi connectivity index (χ0v) is 14.4. The third-order valence-corrected chi connectivity index (χ3v) is 5.31. The van der Waals surface area contributed by atoms with Crippen LogP contribution < -0.4 is 5.32 Å². The molecule has 2 fully saturated rings. The highest BCUT2D eigenvalue weighted by atomic mass is 19.1. The molecule has 2 saturated heterocycles. The third kappa shape index (κ3) is 2.86.